The lowest BCUT2D eigenvalue weighted by Crippen LogP contribution is -2.38. The number of nitrogens with zero attached hydrogens (tertiary/aromatic N) is 3. The maximum atomic E-state index is 12.3. The van der Waals surface area contributed by atoms with Gasteiger partial charge in [-0.3, -0.25) is 9.59 Å². The molecule has 0 saturated heterocycles. The molecule has 0 spiro atoms. The van der Waals surface area contributed by atoms with Crippen LogP contribution < -0.4 is 0 Å². The van der Waals surface area contributed by atoms with Gasteiger partial charge in [0.25, 0.3) is 5.91 Å². The number of aryl methyl sites for hydroxylation is 1. The van der Waals surface area contributed by atoms with Gasteiger partial charge in [-0.15, -0.1) is 0 Å². The normalized spacial score (nSPS) is 15.1. The van der Waals surface area contributed by atoms with Crippen LogP contribution in [0.15, 0.2) is 29.4 Å². The average Bonchev–Trinajstić information content (AvgIpc) is 2.43. The molecule has 1 aromatic carbocycles. The molecule has 0 aromatic heterocycles. The van der Waals surface area contributed by atoms with Gasteiger partial charge in [0, 0.05) is 33.5 Å². The molecular formula is C15H19N3O2. The van der Waals surface area contributed by atoms with E-state index in [2.05, 4.69) is 5.10 Å². The number of amides is 2. The van der Waals surface area contributed by atoms with Crippen molar-refractivity contribution < 1.29 is 9.59 Å². The van der Waals surface area contributed by atoms with Gasteiger partial charge in [-0.25, -0.2) is 5.01 Å². The lowest BCUT2D eigenvalue weighted by Gasteiger charge is -2.23. The topological polar surface area (TPSA) is 53.0 Å². The van der Waals surface area contributed by atoms with Gasteiger partial charge in [-0.05, 0) is 12.5 Å². The lowest BCUT2D eigenvalue weighted by molar-refractivity contribution is -0.130. The molecule has 5 nitrogen and oxygen atoms in total. The standard InChI is InChI=1S/C15H19N3O2/c1-11-4-6-12(7-5-11)10-17(2)15(20)13-8-9-14(19)18(3)16-13/h4-7H,8-10H2,1-3H3. The van der Waals surface area contributed by atoms with E-state index in [9.17, 15) is 9.59 Å². The Bertz CT molecular complexity index is 549. The van der Waals surface area contributed by atoms with Crippen molar-refractivity contribution >= 4 is 17.5 Å². The number of carbonyl (C=O) groups is 2. The van der Waals surface area contributed by atoms with Gasteiger partial charge < -0.3 is 4.90 Å². The molecule has 1 aliphatic heterocycles. The van der Waals surface area contributed by atoms with Gasteiger partial charge in [0.15, 0.2) is 0 Å². The molecule has 1 aromatic rings. The molecule has 0 atom stereocenters. The molecule has 0 bridgehead atoms. The monoisotopic (exact) mass is 273 g/mol. The quantitative estimate of drug-likeness (QED) is 0.839. The zero-order chi connectivity index (χ0) is 14.7. The second-order valence-corrected chi connectivity index (χ2v) is 5.11. The fourth-order valence-corrected chi connectivity index (χ4v) is 2.08. The fraction of sp³-hybridized carbons (Fsp3) is 0.400. The minimum absolute atomic E-state index is 0.0530. The Labute approximate surface area is 118 Å². The number of carbonyl (C=O) groups excluding carboxylic acids is 2. The Morgan fingerprint density at radius 3 is 2.55 bits per heavy atom. The highest BCUT2D eigenvalue weighted by molar-refractivity contribution is 6.39. The summed E-state index contributed by atoms with van der Waals surface area (Å²) in [5.41, 5.74) is 2.72. The zero-order valence-corrected chi connectivity index (χ0v) is 12.1. The van der Waals surface area contributed by atoms with E-state index in [1.165, 1.54) is 10.6 Å². The SMILES string of the molecule is Cc1ccc(CN(C)C(=O)C2=NN(C)C(=O)CC2)cc1. The first-order valence-electron chi connectivity index (χ1n) is 6.62. The maximum Gasteiger partial charge on any atom is 0.270 e. The number of benzene rings is 1. The molecule has 20 heavy (non-hydrogen) atoms. The van der Waals surface area contributed by atoms with E-state index in [-0.39, 0.29) is 11.8 Å². The lowest BCUT2D eigenvalue weighted by atomic mass is 10.1. The molecule has 106 valence electrons. The van der Waals surface area contributed by atoms with Crippen LogP contribution in [-0.2, 0) is 16.1 Å². The van der Waals surface area contributed by atoms with Crippen LogP contribution in [0.25, 0.3) is 0 Å². The Balaban J connectivity index is 2.04. The van der Waals surface area contributed by atoms with Gasteiger partial charge in [-0.2, -0.15) is 5.10 Å². The van der Waals surface area contributed by atoms with Crippen molar-refractivity contribution in [1.29, 1.82) is 0 Å². The van der Waals surface area contributed by atoms with E-state index in [0.29, 0.717) is 25.1 Å². The van der Waals surface area contributed by atoms with Crippen LogP contribution in [-0.4, -0.2) is 41.5 Å². The highest BCUT2D eigenvalue weighted by Crippen LogP contribution is 2.11. The minimum Gasteiger partial charge on any atom is -0.336 e. The summed E-state index contributed by atoms with van der Waals surface area (Å²) < 4.78 is 0. The van der Waals surface area contributed by atoms with Crippen LogP contribution in [0.2, 0.25) is 0 Å². The molecule has 0 radical (unpaired) electrons. The van der Waals surface area contributed by atoms with Crippen molar-refractivity contribution in [2.75, 3.05) is 14.1 Å². The van der Waals surface area contributed by atoms with Crippen molar-refractivity contribution in [1.82, 2.24) is 9.91 Å². The smallest absolute Gasteiger partial charge is 0.270 e. The van der Waals surface area contributed by atoms with E-state index in [1.807, 2.05) is 31.2 Å². The third kappa shape index (κ3) is 3.23. The molecular weight excluding hydrogens is 254 g/mol. The minimum atomic E-state index is -0.120. The Morgan fingerprint density at radius 1 is 1.30 bits per heavy atom. The van der Waals surface area contributed by atoms with Crippen LogP contribution in [0.5, 0.6) is 0 Å². The first kappa shape index (κ1) is 14.2. The first-order chi connectivity index (χ1) is 9.47. The highest BCUT2D eigenvalue weighted by atomic mass is 16.2. The zero-order valence-electron chi connectivity index (χ0n) is 12.1. The summed E-state index contributed by atoms with van der Waals surface area (Å²) >= 11 is 0. The van der Waals surface area contributed by atoms with Gasteiger partial charge in [0.2, 0.25) is 5.91 Å². The van der Waals surface area contributed by atoms with E-state index in [4.69, 9.17) is 0 Å². The van der Waals surface area contributed by atoms with Gasteiger partial charge >= 0.3 is 0 Å². The summed E-state index contributed by atoms with van der Waals surface area (Å²) in [6.07, 6.45) is 0.764. The highest BCUT2D eigenvalue weighted by Gasteiger charge is 2.24. The van der Waals surface area contributed by atoms with Crippen LogP contribution in [0, 0.1) is 6.92 Å². The van der Waals surface area contributed by atoms with Gasteiger partial charge in [0.1, 0.15) is 5.71 Å². The third-order valence-corrected chi connectivity index (χ3v) is 3.34. The van der Waals surface area contributed by atoms with Crippen molar-refractivity contribution in [3.05, 3.63) is 35.4 Å². The Kier molecular flexibility index (Phi) is 4.17. The second-order valence-electron chi connectivity index (χ2n) is 5.11. The van der Waals surface area contributed by atoms with Crippen molar-refractivity contribution in [2.24, 2.45) is 5.10 Å². The summed E-state index contributed by atoms with van der Waals surface area (Å²) in [5, 5.41) is 5.30. The molecule has 5 heteroatoms. The predicted molar refractivity (Wildman–Crippen MR) is 77.1 cm³/mol. The molecule has 1 aliphatic rings. The Morgan fingerprint density at radius 2 is 1.95 bits per heavy atom. The number of hydrogen-bond acceptors (Lipinski definition) is 3. The van der Waals surface area contributed by atoms with Crippen molar-refractivity contribution in [3.63, 3.8) is 0 Å². The van der Waals surface area contributed by atoms with Gasteiger partial charge in [-0.1, -0.05) is 29.8 Å². The van der Waals surface area contributed by atoms with E-state index < -0.39 is 0 Å². The largest absolute Gasteiger partial charge is 0.336 e. The molecule has 1 heterocycles. The molecule has 0 saturated carbocycles. The van der Waals surface area contributed by atoms with E-state index in [0.717, 1.165) is 5.56 Å². The summed E-state index contributed by atoms with van der Waals surface area (Å²) in [5.74, 6) is -0.173. The second kappa shape index (κ2) is 5.86. The molecule has 0 unspecified atom stereocenters. The van der Waals surface area contributed by atoms with Crippen LogP contribution in [0.1, 0.15) is 24.0 Å². The van der Waals surface area contributed by atoms with Crippen LogP contribution >= 0.6 is 0 Å². The Hall–Kier alpha value is -2.17. The van der Waals surface area contributed by atoms with Crippen molar-refractivity contribution in [2.45, 2.75) is 26.3 Å². The molecule has 2 amide bonds. The average molecular weight is 273 g/mol. The summed E-state index contributed by atoms with van der Waals surface area (Å²) in [6, 6.07) is 8.07. The van der Waals surface area contributed by atoms with Gasteiger partial charge in [0.05, 0.1) is 0 Å². The van der Waals surface area contributed by atoms with Crippen LogP contribution in [0.3, 0.4) is 0 Å². The predicted octanol–water partition coefficient (Wildman–Crippen LogP) is 1.56. The molecule has 0 aliphatic carbocycles. The molecule has 2 rings (SSSR count). The number of rotatable bonds is 3. The van der Waals surface area contributed by atoms with E-state index in [1.54, 1.807) is 19.0 Å². The van der Waals surface area contributed by atoms with E-state index >= 15 is 0 Å². The summed E-state index contributed by atoms with van der Waals surface area (Å²) in [6.45, 7) is 2.57. The summed E-state index contributed by atoms with van der Waals surface area (Å²) in [4.78, 5) is 25.3. The third-order valence-electron chi connectivity index (χ3n) is 3.34. The fourth-order valence-electron chi connectivity index (χ4n) is 2.08. The van der Waals surface area contributed by atoms with Crippen LogP contribution in [0.4, 0.5) is 0 Å². The first-order valence-corrected chi connectivity index (χ1v) is 6.62. The molecule has 0 fully saturated rings. The number of hydrogen-bond donors (Lipinski definition) is 0. The van der Waals surface area contributed by atoms with Crippen molar-refractivity contribution in [3.8, 4) is 0 Å². The maximum absolute atomic E-state index is 12.3. The molecule has 0 N–H and O–H groups in total. The summed E-state index contributed by atoms with van der Waals surface area (Å²) in [7, 11) is 3.33. The number of hydrazone groups is 1.